The third kappa shape index (κ3) is 5.15. The number of amides is 1. The van der Waals surface area contributed by atoms with E-state index >= 15 is 0 Å². The van der Waals surface area contributed by atoms with E-state index in [1.54, 1.807) is 0 Å². The fraction of sp³-hybridized carbons (Fsp3) is 0.167. The first kappa shape index (κ1) is 25.4. The van der Waals surface area contributed by atoms with Gasteiger partial charge >= 0.3 is 12.1 Å². The number of hydrogen-bond acceptors (Lipinski definition) is 7. The van der Waals surface area contributed by atoms with Gasteiger partial charge in [0.1, 0.15) is 29.5 Å². The smallest absolute Gasteiger partial charge is 0.405 e. The summed E-state index contributed by atoms with van der Waals surface area (Å²) < 4.78 is 63.3. The molecule has 0 aliphatic rings. The van der Waals surface area contributed by atoms with Gasteiger partial charge in [-0.2, -0.15) is 18.2 Å². The Morgan fingerprint density at radius 1 is 1.14 bits per heavy atom. The fourth-order valence-electron chi connectivity index (χ4n) is 3.63. The first-order chi connectivity index (χ1) is 17.5. The first-order valence-corrected chi connectivity index (χ1v) is 10.6. The molecule has 4 aromatic rings. The molecular formula is C24H18F4N4O5. The van der Waals surface area contributed by atoms with Crippen LogP contribution in [-0.2, 0) is 0 Å². The number of nitrogens with one attached hydrogen (secondary N) is 2. The molecule has 3 N–H and O–H groups in total. The summed E-state index contributed by atoms with van der Waals surface area (Å²) in [5.41, 5.74) is -0.0849. The number of carboxylic acids is 1. The molecule has 0 atom stereocenters. The molecule has 0 aliphatic heterocycles. The van der Waals surface area contributed by atoms with Gasteiger partial charge in [-0.3, -0.25) is 4.79 Å². The van der Waals surface area contributed by atoms with Gasteiger partial charge in [0.15, 0.2) is 0 Å². The molecule has 0 aliphatic carbocycles. The summed E-state index contributed by atoms with van der Waals surface area (Å²) in [6.45, 7) is -1.46. The van der Waals surface area contributed by atoms with Crippen LogP contribution in [0.5, 0.6) is 5.88 Å². The van der Waals surface area contributed by atoms with E-state index < -0.39 is 30.4 Å². The molecule has 192 valence electrons. The highest BCUT2D eigenvalue weighted by atomic mass is 19.4. The molecule has 9 nitrogen and oxygen atoms in total. The van der Waals surface area contributed by atoms with Crippen LogP contribution in [0.15, 0.2) is 47.0 Å². The molecule has 4 rings (SSSR count). The van der Waals surface area contributed by atoms with E-state index in [-0.39, 0.29) is 50.8 Å². The van der Waals surface area contributed by atoms with E-state index in [2.05, 4.69) is 20.6 Å². The zero-order valence-electron chi connectivity index (χ0n) is 19.2. The van der Waals surface area contributed by atoms with Gasteiger partial charge in [0, 0.05) is 29.9 Å². The van der Waals surface area contributed by atoms with Crippen LogP contribution in [0, 0.1) is 5.82 Å². The second-order valence-electron chi connectivity index (χ2n) is 7.68. The number of furan rings is 1. The number of carboxylic acid groups (broad SMARTS) is 1. The summed E-state index contributed by atoms with van der Waals surface area (Å²) >= 11 is 0. The molecule has 3 aromatic heterocycles. The van der Waals surface area contributed by atoms with Crippen LogP contribution < -0.4 is 15.4 Å². The van der Waals surface area contributed by atoms with Gasteiger partial charge in [-0.15, -0.1) is 0 Å². The van der Waals surface area contributed by atoms with Gasteiger partial charge in [-0.1, -0.05) is 0 Å². The van der Waals surface area contributed by atoms with Gasteiger partial charge < -0.3 is 24.9 Å². The molecule has 0 radical (unpaired) electrons. The number of ether oxygens (including phenoxy) is 1. The van der Waals surface area contributed by atoms with E-state index in [9.17, 15) is 32.3 Å². The number of aromatic nitrogens is 2. The van der Waals surface area contributed by atoms with Crippen molar-refractivity contribution >= 4 is 28.8 Å². The number of nitrogens with zero attached hydrogens (tertiary/aromatic N) is 2. The predicted molar refractivity (Wildman–Crippen MR) is 124 cm³/mol. The van der Waals surface area contributed by atoms with E-state index in [1.807, 2.05) is 0 Å². The van der Waals surface area contributed by atoms with Gasteiger partial charge in [0.05, 0.1) is 18.1 Å². The Hall–Kier alpha value is -4.68. The Morgan fingerprint density at radius 3 is 2.43 bits per heavy atom. The zero-order chi connectivity index (χ0) is 26.9. The van der Waals surface area contributed by atoms with Crippen LogP contribution in [-0.4, -0.2) is 53.8 Å². The van der Waals surface area contributed by atoms with Crippen molar-refractivity contribution in [2.45, 2.75) is 6.18 Å². The van der Waals surface area contributed by atoms with Crippen molar-refractivity contribution in [3.63, 3.8) is 0 Å². The number of aromatic carboxylic acids is 1. The molecule has 37 heavy (non-hydrogen) atoms. The van der Waals surface area contributed by atoms with Gasteiger partial charge in [-0.25, -0.2) is 14.2 Å². The lowest BCUT2D eigenvalue weighted by atomic mass is 10.0. The van der Waals surface area contributed by atoms with Crippen molar-refractivity contribution in [1.29, 1.82) is 0 Å². The Balaban J connectivity index is 2.00. The third-order valence-electron chi connectivity index (χ3n) is 5.29. The Bertz CT molecular complexity index is 1500. The number of carbonyl (C=O) groups excluding carboxylic acids is 1. The van der Waals surface area contributed by atoms with Crippen LogP contribution in [0.2, 0.25) is 0 Å². The van der Waals surface area contributed by atoms with E-state index in [1.165, 1.54) is 38.6 Å². The highest BCUT2D eigenvalue weighted by Gasteiger charge is 2.29. The lowest BCUT2D eigenvalue weighted by molar-refractivity contribution is -0.115. The number of rotatable bonds is 7. The molecule has 1 aromatic carbocycles. The minimum absolute atomic E-state index is 0.000147. The van der Waals surface area contributed by atoms with Crippen LogP contribution >= 0.6 is 0 Å². The summed E-state index contributed by atoms with van der Waals surface area (Å²) in [6, 6.07) is 7.56. The van der Waals surface area contributed by atoms with Crippen molar-refractivity contribution in [3.05, 3.63) is 59.5 Å². The molecule has 0 unspecified atom stereocenters. The maximum Gasteiger partial charge on any atom is 0.405 e. The van der Waals surface area contributed by atoms with Crippen molar-refractivity contribution in [1.82, 2.24) is 15.3 Å². The number of pyridine rings is 2. The normalized spacial score (nSPS) is 11.4. The van der Waals surface area contributed by atoms with Gasteiger partial charge in [-0.05, 0) is 36.4 Å². The van der Waals surface area contributed by atoms with Crippen molar-refractivity contribution in [2.24, 2.45) is 0 Å². The number of alkyl halides is 3. The molecule has 0 saturated carbocycles. The number of hydrogen-bond donors (Lipinski definition) is 3. The minimum atomic E-state index is -4.60. The molecular weight excluding hydrogens is 500 g/mol. The number of carbonyl (C=O) groups is 2. The number of methoxy groups -OCH3 is 1. The Morgan fingerprint density at radius 2 is 1.84 bits per heavy atom. The first-order valence-electron chi connectivity index (χ1n) is 10.6. The molecule has 3 heterocycles. The maximum absolute atomic E-state index is 13.5. The van der Waals surface area contributed by atoms with Crippen LogP contribution in [0.1, 0.15) is 20.7 Å². The summed E-state index contributed by atoms with van der Waals surface area (Å²) in [6.07, 6.45) is -3.40. The van der Waals surface area contributed by atoms with Gasteiger partial charge in [0.25, 0.3) is 5.91 Å². The number of halogens is 4. The number of fused-ring (bicyclic) bond motifs is 1. The monoisotopic (exact) mass is 518 g/mol. The molecule has 1 amide bonds. The van der Waals surface area contributed by atoms with E-state index in [0.717, 1.165) is 18.2 Å². The Labute approximate surface area is 206 Å². The largest absolute Gasteiger partial charge is 0.480 e. The predicted octanol–water partition coefficient (Wildman–Crippen LogP) is 4.74. The van der Waals surface area contributed by atoms with Crippen molar-refractivity contribution in [3.8, 4) is 28.3 Å². The molecule has 13 heteroatoms. The molecule has 0 spiro atoms. The Kier molecular flexibility index (Phi) is 6.70. The van der Waals surface area contributed by atoms with Crippen LogP contribution in [0.4, 0.5) is 23.4 Å². The van der Waals surface area contributed by atoms with Crippen molar-refractivity contribution < 1.29 is 41.4 Å². The minimum Gasteiger partial charge on any atom is -0.480 e. The quantitative estimate of drug-likeness (QED) is 0.300. The molecule has 0 saturated heterocycles. The van der Waals surface area contributed by atoms with Crippen LogP contribution in [0.25, 0.3) is 33.6 Å². The maximum atomic E-state index is 13.5. The van der Waals surface area contributed by atoms with Crippen molar-refractivity contribution in [2.75, 3.05) is 26.0 Å². The van der Waals surface area contributed by atoms with E-state index in [4.69, 9.17) is 9.15 Å². The third-order valence-corrected chi connectivity index (χ3v) is 5.29. The summed E-state index contributed by atoms with van der Waals surface area (Å²) in [5.74, 6) is -2.99. The van der Waals surface area contributed by atoms with E-state index in [0.29, 0.717) is 5.56 Å². The lowest BCUT2D eigenvalue weighted by Crippen LogP contribution is -2.22. The average Bonchev–Trinajstić information content (AvgIpc) is 3.24. The van der Waals surface area contributed by atoms with Gasteiger partial charge in [0.2, 0.25) is 11.6 Å². The zero-order valence-corrected chi connectivity index (χ0v) is 19.2. The number of anilines is 1. The average molecular weight is 518 g/mol. The topological polar surface area (TPSA) is 127 Å². The second kappa shape index (κ2) is 9.76. The molecule has 0 bridgehead atoms. The summed E-state index contributed by atoms with van der Waals surface area (Å²) in [5, 5.41) is 14.3. The highest BCUT2D eigenvalue weighted by Crippen LogP contribution is 2.38. The summed E-state index contributed by atoms with van der Waals surface area (Å²) in [4.78, 5) is 32.6. The lowest BCUT2D eigenvalue weighted by Gasteiger charge is -2.14. The fourth-order valence-corrected chi connectivity index (χ4v) is 3.63. The SMILES string of the molecule is CNC(=O)c1c(-c2ccc(F)cc2)oc2nc(NCC(F)(F)F)c(-c3cnc(OC)c(C(=O)O)c3)cc12. The summed E-state index contributed by atoms with van der Waals surface area (Å²) in [7, 11) is 2.59. The second-order valence-corrected chi connectivity index (χ2v) is 7.68. The standard InChI is InChI=1S/C24H18F4N4O5/c1-29-20(33)17-15-8-14(12-7-16(23(34)35)21(36-2)30-9-12)19(31-10-24(26,27)28)32-22(15)37-18(17)11-3-5-13(25)6-4-11/h3-9H,10H2,1-2H3,(H,29,33)(H,31,32)(H,34,35). The highest BCUT2D eigenvalue weighted by molar-refractivity contribution is 6.11. The van der Waals surface area contributed by atoms with Crippen LogP contribution in [0.3, 0.4) is 0 Å². The number of benzene rings is 1. The molecule has 0 fully saturated rings.